The minimum Gasteiger partial charge on any atom is -0.367 e. The van der Waals surface area contributed by atoms with Crippen molar-refractivity contribution in [1.82, 2.24) is 5.32 Å². The Morgan fingerprint density at radius 3 is 2.35 bits per heavy atom. The molecule has 0 bridgehead atoms. The Morgan fingerprint density at radius 1 is 0.957 bits per heavy atom. The molecule has 2 aromatic rings. The summed E-state index contributed by atoms with van der Waals surface area (Å²) >= 11 is 0. The van der Waals surface area contributed by atoms with Crippen LogP contribution in [0, 0.1) is 0 Å². The van der Waals surface area contributed by atoms with Crippen LogP contribution in [-0.2, 0) is 16.1 Å². The van der Waals surface area contributed by atoms with Gasteiger partial charge in [-0.25, -0.2) is 4.79 Å². The Labute approximate surface area is 134 Å². The first-order valence-electron chi connectivity index (χ1n) is 7.17. The van der Waals surface area contributed by atoms with Gasteiger partial charge in [-0.3, -0.25) is 4.79 Å². The summed E-state index contributed by atoms with van der Waals surface area (Å²) in [5.41, 5.74) is 2.19. The summed E-state index contributed by atoms with van der Waals surface area (Å²) in [6.45, 7) is 0.342. The maximum atomic E-state index is 11.9. The molecule has 0 saturated carbocycles. The SMILES string of the molecule is CNC(=O)Nc1cccc(NC(=O)COCc2ccccc2)c1. The highest BCUT2D eigenvalue weighted by atomic mass is 16.5. The average Bonchev–Trinajstić information content (AvgIpc) is 2.56. The molecule has 6 nitrogen and oxygen atoms in total. The van der Waals surface area contributed by atoms with Crippen molar-refractivity contribution in [2.75, 3.05) is 24.3 Å². The van der Waals surface area contributed by atoms with Crippen molar-refractivity contribution in [3.8, 4) is 0 Å². The number of nitrogens with one attached hydrogen (secondary N) is 3. The Hall–Kier alpha value is -2.86. The summed E-state index contributed by atoms with van der Waals surface area (Å²) in [6, 6.07) is 16.2. The van der Waals surface area contributed by atoms with Crippen molar-refractivity contribution in [3.05, 3.63) is 60.2 Å². The maximum absolute atomic E-state index is 11.9. The van der Waals surface area contributed by atoms with Crippen LogP contribution in [0.25, 0.3) is 0 Å². The van der Waals surface area contributed by atoms with E-state index in [0.29, 0.717) is 18.0 Å². The van der Waals surface area contributed by atoms with Crippen LogP contribution in [0.4, 0.5) is 16.2 Å². The van der Waals surface area contributed by atoms with Crippen LogP contribution in [0.1, 0.15) is 5.56 Å². The molecule has 0 atom stereocenters. The minimum absolute atomic E-state index is 0.0397. The first kappa shape index (κ1) is 16.5. The molecule has 0 aliphatic rings. The average molecular weight is 313 g/mol. The van der Waals surface area contributed by atoms with Crippen LogP contribution in [0.15, 0.2) is 54.6 Å². The molecule has 0 unspecified atom stereocenters. The zero-order chi connectivity index (χ0) is 16.5. The summed E-state index contributed by atoms with van der Waals surface area (Å²) in [5.74, 6) is -0.252. The number of urea groups is 1. The normalized spacial score (nSPS) is 9.96. The van der Waals surface area contributed by atoms with E-state index in [-0.39, 0.29) is 18.5 Å². The highest BCUT2D eigenvalue weighted by Gasteiger charge is 2.05. The van der Waals surface area contributed by atoms with Crippen molar-refractivity contribution in [3.63, 3.8) is 0 Å². The van der Waals surface area contributed by atoms with Gasteiger partial charge in [0.15, 0.2) is 0 Å². The highest BCUT2D eigenvalue weighted by molar-refractivity contribution is 5.94. The molecule has 0 radical (unpaired) electrons. The molecule has 0 heterocycles. The summed E-state index contributed by atoms with van der Waals surface area (Å²) in [6.07, 6.45) is 0. The fourth-order valence-corrected chi connectivity index (χ4v) is 1.90. The van der Waals surface area contributed by atoms with Crippen molar-refractivity contribution in [1.29, 1.82) is 0 Å². The van der Waals surface area contributed by atoms with E-state index in [1.165, 1.54) is 7.05 Å². The monoisotopic (exact) mass is 313 g/mol. The first-order valence-corrected chi connectivity index (χ1v) is 7.17. The van der Waals surface area contributed by atoms with Gasteiger partial charge in [-0.2, -0.15) is 0 Å². The van der Waals surface area contributed by atoms with Gasteiger partial charge in [0.2, 0.25) is 5.91 Å². The predicted molar refractivity (Wildman–Crippen MR) is 89.2 cm³/mol. The molecule has 23 heavy (non-hydrogen) atoms. The molecule has 3 N–H and O–H groups in total. The van der Waals surface area contributed by atoms with Crippen molar-refractivity contribution in [2.24, 2.45) is 0 Å². The lowest BCUT2D eigenvalue weighted by molar-refractivity contribution is -0.121. The van der Waals surface area contributed by atoms with E-state index in [0.717, 1.165) is 5.56 Å². The number of carbonyl (C=O) groups is 2. The Morgan fingerprint density at radius 2 is 1.65 bits per heavy atom. The van der Waals surface area contributed by atoms with Crippen molar-refractivity contribution < 1.29 is 14.3 Å². The lowest BCUT2D eigenvalue weighted by atomic mass is 10.2. The van der Waals surface area contributed by atoms with E-state index in [1.807, 2.05) is 30.3 Å². The van der Waals surface area contributed by atoms with E-state index in [4.69, 9.17) is 4.74 Å². The predicted octanol–water partition coefficient (Wildman–Crippen LogP) is 2.59. The number of rotatable bonds is 6. The van der Waals surface area contributed by atoms with Crippen LogP contribution in [0.2, 0.25) is 0 Å². The fraction of sp³-hybridized carbons (Fsp3) is 0.176. The van der Waals surface area contributed by atoms with Crippen LogP contribution in [0.5, 0.6) is 0 Å². The third kappa shape index (κ3) is 5.80. The molecule has 0 saturated heterocycles. The number of anilines is 2. The lowest BCUT2D eigenvalue weighted by Gasteiger charge is -2.09. The molecule has 0 aliphatic carbocycles. The molecular formula is C17H19N3O3. The van der Waals surface area contributed by atoms with Crippen molar-refractivity contribution in [2.45, 2.75) is 6.61 Å². The van der Waals surface area contributed by atoms with E-state index in [9.17, 15) is 9.59 Å². The molecule has 6 heteroatoms. The van der Waals surface area contributed by atoms with Gasteiger partial charge in [0.1, 0.15) is 6.61 Å². The van der Waals surface area contributed by atoms with Crippen LogP contribution >= 0.6 is 0 Å². The molecular weight excluding hydrogens is 294 g/mol. The van der Waals surface area contributed by atoms with E-state index in [1.54, 1.807) is 24.3 Å². The van der Waals surface area contributed by atoms with Gasteiger partial charge < -0.3 is 20.7 Å². The zero-order valence-corrected chi connectivity index (χ0v) is 12.8. The smallest absolute Gasteiger partial charge is 0.318 e. The second-order valence-electron chi connectivity index (χ2n) is 4.81. The number of ether oxygens (including phenoxy) is 1. The zero-order valence-electron chi connectivity index (χ0n) is 12.8. The van der Waals surface area contributed by atoms with Gasteiger partial charge in [0.25, 0.3) is 0 Å². The summed E-state index contributed by atoms with van der Waals surface area (Å²) in [5, 5.41) is 7.82. The third-order valence-corrected chi connectivity index (χ3v) is 2.98. The number of benzene rings is 2. The van der Waals surface area contributed by atoms with Gasteiger partial charge in [-0.1, -0.05) is 36.4 Å². The van der Waals surface area contributed by atoms with Gasteiger partial charge in [-0.15, -0.1) is 0 Å². The van der Waals surface area contributed by atoms with E-state index < -0.39 is 0 Å². The molecule has 0 aliphatic heterocycles. The number of carbonyl (C=O) groups excluding carboxylic acids is 2. The lowest BCUT2D eigenvalue weighted by Crippen LogP contribution is -2.24. The second-order valence-corrected chi connectivity index (χ2v) is 4.81. The summed E-state index contributed by atoms with van der Waals surface area (Å²) < 4.78 is 5.37. The van der Waals surface area contributed by atoms with E-state index in [2.05, 4.69) is 16.0 Å². The number of amides is 3. The standard InChI is InChI=1S/C17H19N3O3/c1-18-17(22)20-15-9-5-8-14(10-15)19-16(21)12-23-11-13-6-3-2-4-7-13/h2-10H,11-12H2,1H3,(H,19,21)(H2,18,20,22). The van der Waals surface area contributed by atoms with Gasteiger partial charge >= 0.3 is 6.03 Å². The summed E-state index contributed by atoms with van der Waals surface area (Å²) in [7, 11) is 1.53. The highest BCUT2D eigenvalue weighted by Crippen LogP contribution is 2.15. The van der Waals surface area contributed by atoms with Crippen molar-refractivity contribution >= 4 is 23.3 Å². The minimum atomic E-state index is -0.320. The van der Waals surface area contributed by atoms with Gasteiger partial charge in [-0.05, 0) is 23.8 Å². The van der Waals surface area contributed by atoms with Crippen LogP contribution in [-0.4, -0.2) is 25.6 Å². The Bertz CT molecular complexity index is 659. The van der Waals surface area contributed by atoms with E-state index >= 15 is 0 Å². The largest absolute Gasteiger partial charge is 0.367 e. The molecule has 0 fully saturated rings. The molecule has 2 aromatic carbocycles. The molecule has 2 rings (SSSR count). The Balaban J connectivity index is 1.80. The molecule has 0 aromatic heterocycles. The van der Waals surface area contributed by atoms with Crippen LogP contribution in [0.3, 0.4) is 0 Å². The topological polar surface area (TPSA) is 79.5 Å². The van der Waals surface area contributed by atoms with Gasteiger partial charge in [0, 0.05) is 18.4 Å². The number of hydrogen-bond acceptors (Lipinski definition) is 3. The summed E-state index contributed by atoms with van der Waals surface area (Å²) in [4.78, 5) is 23.1. The molecule has 3 amide bonds. The second kappa shape index (κ2) is 8.55. The third-order valence-electron chi connectivity index (χ3n) is 2.98. The number of hydrogen-bond donors (Lipinski definition) is 3. The first-order chi connectivity index (χ1) is 11.2. The molecule has 120 valence electrons. The maximum Gasteiger partial charge on any atom is 0.318 e. The quantitative estimate of drug-likeness (QED) is 0.767. The molecule has 0 spiro atoms. The fourth-order valence-electron chi connectivity index (χ4n) is 1.90. The van der Waals surface area contributed by atoms with Crippen LogP contribution < -0.4 is 16.0 Å². The Kier molecular flexibility index (Phi) is 6.14. The van der Waals surface area contributed by atoms with Gasteiger partial charge in [0.05, 0.1) is 6.61 Å².